The predicted octanol–water partition coefficient (Wildman–Crippen LogP) is 1.62. The normalized spacial score (nSPS) is 26.6. The summed E-state index contributed by atoms with van der Waals surface area (Å²) in [5, 5.41) is 2.75. The molecule has 0 aromatic heterocycles. The number of nitrogens with one attached hydrogen (secondary N) is 1. The number of ketones is 1. The van der Waals surface area contributed by atoms with Crippen molar-refractivity contribution < 1.29 is 32.6 Å². The fourth-order valence-corrected chi connectivity index (χ4v) is 3.22. The van der Waals surface area contributed by atoms with Gasteiger partial charge in [-0.25, -0.2) is 0 Å². The lowest BCUT2D eigenvalue weighted by molar-refractivity contribution is -0.146. The van der Waals surface area contributed by atoms with Crippen LogP contribution < -0.4 is 10.1 Å². The summed E-state index contributed by atoms with van der Waals surface area (Å²) in [7, 11) is -1.55. The second-order valence-electron chi connectivity index (χ2n) is 7.17. The van der Waals surface area contributed by atoms with Crippen molar-refractivity contribution in [2.45, 2.75) is 38.1 Å². The number of Topliss-reactive ketones (excluding diaryl/α,β-unsaturated/α-hetero) is 1. The number of hydrogen-bond acceptors (Lipinski definition) is 6. The van der Waals surface area contributed by atoms with E-state index in [1.807, 2.05) is 25.1 Å². The Morgan fingerprint density at radius 2 is 1.85 bits per heavy atom. The van der Waals surface area contributed by atoms with Crippen LogP contribution in [0, 0.1) is 6.92 Å². The fraction of sp³-hybridized carbons (Fsp3) is 0.556. The van der Waals surface area contributed by atoms with Gasteiger partial charge < -0.3 is 28.3 Å². The molecular weight excluding hydrogens is 356 g/mol. The molecule has 3 heterocycles. The SMILES string of the molecule is COc1cc(C)ccc1CCC(=O)CCC(=O)NC12CO[B-](F)(OC1)OC2. The Morgan fingerprint density at radius 3 is 2.48 bits per heavy atom. The third kappa shape index (κ3) is 4.85. The predicted molar refractivity (Wildman–Crippen MR) is 95.9 cm³/mol. The van der Waals surface area contributed by atoms with E-state index in [1.165, 1.54) is 0 Å². The first-order valence-corrected chi connectivity index (χ1v) is 9.02. The summed E-state index contributed by atoms with van der Waals surface area (Å²) < 4.78 is 33.6. The lowest BCUT2D eigenvalue weighted by atomic mass is 9.91. The third-order valence-corrected chi connectivity index (χ3v) is 4.83. The van der Waals surface area contributed by atoms with Crippen LogP contribution in [0.5, 0.6) is 5.75 Å². The van der Waals surface area contributed by atoms with Gasteiger partial charge in [0.05, 0.1) is 12.6 Å². The molecule has 3 aliphatic heterocycles. The lowest BCUT2D eigenvalue weighted by Gasteiger charge is -2.54. The highest BCUT2D eigenvalue weighted by atomic mass is 19.1. The third-order valence-electron chi connectivity index (χ3n) is 4.83. The summed E-state index contributed by atoms with van der Waals surface area (Å²) in [6.07, 6.45) is 1.08. The zero-order valence-electron chi connectivity index (χ0n) is 15.6. The van der Waals surface area contributed by atoms with Crippen molar-refractivity contribution in [3.8, 4) is 5.75 Å². The van der Waals surface area contributed by atoms with E-state index in [2.05, 4.69) is 5.32 Å². The highest BCUT2D eigenvalue weighted by Crippen LogP contribution is 2.30. The van der Waals surface area contributed by atoms with E-state index in [1.54, 1.807) is 7.11 Å². The van der Waals surface area contributed by atoms with Gasteiger partial charge in [0.2, 0.25) is 5.91 Å². The van der Waals surface area contributed by atoms with Gasteiger partial charge in [0.1, 0.15) is 11.5 Å². The quantitative estimate of drug-likeness (QED) is 0.691. The summed E-state index contributed by atoms with van der Waals surface area (Å²) in [5.74, 6) is 0.444. The number of fused-ring (bicyclic) bond motifs is 3. The van der Waals surface area contributed by atoms with Gasteiger partial charge in [-0.15, -0.1) is 0 Å². The van der Waals surface area contributed by atoms with E-state index in [9.17, 15) is 13.9 Å². The van der Waals surface area contributed by atoms with Crippen molar-refractivity contribution in [1.82, 2.24) is 5.32 Å². The minimum absolute atomic E-state index is 0.00357. The van der Waals surface area contributed by atoms with E-state index >= 15 is 0 Å². The second kappa shape index (κ2) is 7.96. The van der Waals surface area contributed by atoms with Crippen LogP contribution in [-0.2, 0) is 30.0 Å². The number of benzene rings is 1. The van der Waals surface area contributed by atoms with E-state index in [-0.39, 0.29) is 44.4 Å². The number of aryl methyl sites for hydroxylation is 2. The Labute approximate surface area is 157 Å². The first-order valence-electron chi connectivity index (χ1n) is 9.02. The molecule has 0 unspecified atom stereocenters. The number of halogens is 1. The van der Waals surface area contributed by atoms with Gasteiger partial charge >= 0.3 is 7.03 Å². The van der Waals surface area contributed by atoms with Crippen LogP contribution in [0.3, 0.4) is 0 Å². The summed E-state index contributed by atoms with van der Waals surface area (Å²) in [6.45, 7) is 1.97. The maximum Gasteiger partial charge on any atom is 0.566 e. The number of ether oxygens (including phenoxy) is 1. The van der Waals surface area contributed by atoms with Crippen LogP contribution in [-0.4, -0.2) is 51.2 Å². The average molecular weight is 380 g/mol. The van der Waals surface area contributed by atoms with Crippen molar-refractivity contribution in [3.63, 3.8) is 0 Å². The van der Waals surface area contributed by atoms with Crippen molar-refractivity contribution in [3.05, 3.63) is 29.3 Å². The van der Waals surface area contributed by atoms with Gasteiger partial charge in [-0.1, -0.05) is 12.1 Å². The van der Waals surface area contributed by atoms with Crippen LogP contribution in [0.1, 0.15) is 30.4 Å². The lowest BCUT2D eigenvalue weighted by Crippen LogP contribution is -2.71. The maximum atomic E-state index is 13.6. The standard InChI is InChI=1S/C18H24BFNO6/c1-13-3-4-14(16(9-13)24-2)5-6-15(22)7-8-17(23)21-18-10-25-19(20,26-11-18)27-12-18/h3-4,9H,5-8,10-12H2,1-2H3,(H,21,23)/q-1. The first-order chi connectivity index (χ1) is 12.8. The average Bonchev–Trinajstić information content (AvgIpc) is 2.66. The van der Waals surface area contributed by atoms with Gasteiger partial charge in [0, 0.05) is 39.1 Å². The van der Waals surface area contributed by atoms with Gasteiger partial charge in [-0.3, -0.25) is 9.59 Å². The van der Waals surface area contributed by atoms with Crippen LogP contribution >= 0.6 is 0 Å². The fourth-order valence-electron chi connectivity index (χ4n) is 3.22. The van der Waals surface area contributed by atoms with Crippen LogP contribution in [0.25, 0.3) is 0 Å². The second-order valence-corrected chi connectivity index (χ2v) is 7.17. The van der Waals surface area contributed by atoms with Crippen molar-refractivity contribution in [1.29, 1.82) is 0 Å². The van der Waals surface area contributed by atoms with Gasteiger partial charge in [-0.2, -0.15) is 0 Å². The van der Waals surface area contributed by atoms with Gasteiger partial charge in [0.15, 0.2) is 0 Å². The number of hydrogen-bond donors (Lipinski definition) is 1. The highest BCUT2D eigenvalue weighted by molar-refractivity contribution is 6.53. The smallest absolute Gasteiger partial charge is 0.513 e. The molecule has 1 aromatic rings. The maximum absolute atomic E-state index is 13.6. The zero-order chi connectivity index (χ0) is 19.5. The Hall–Kier alpha value is -1.97. The first kappa shape index (κ1) is 19.8. The molecule has 0 atom stereocenters. The number of carbonyl (C=O) groups is 2. The van der Waals surface area contributed by atoms with E-state index < -0.39 is 12.6 Å². The molecule has 0 aliphatic carbocycles. The Kier molecular flexibility index (Phi) is 5.83. The molecule has 27 heavy (non-hydrogen) atoms. The van der Waals surface area contributed by atoms with E-state index in [0.717, 1.165) is 16.9 Å². The van der Waals surface area contributed by atoms with Crippen LogP contribution in [0.2, 0.25) is 0 Å². The Bertz CT molecular complexity index is 703. The van der Waals surface area contributed by atoms with Crippen molar-refractivity contribution >= 4 is 18.7 Å². The summed E-state index contributed by atoms with van der Waals surface area (Å²) in [4.78, 5) is 24.3. The molecule has 0 radical (unpaired) electrons. The van der Waals surface area contributed by atoms with Crippen LogP contribution in [0.15, 0.2) is 18.2 Å². The number of carbonyl (C=O) groups excluding carboxylic acids is 2. The molecular formula is C18H24BFNO6-. The summed E-state index contributed by atoms with van der Waals surface area (Å²) in [6, 6.07) is 5.86. The largest absolute Gasteiger partial charge is 0.566 e. The monoisotopic (exact) mass is 380 g/mol. The Morgan fingerprint density at radius 1 is 1.19 bits per heavy atom. The minimum atomic E-state index is -3.15. The number of amides is 1. The molecule has 1 aromatic carbocycles. The summed E-state index contributed by atoms with van der Waals surface area (Å²) in [5.41, 5.74) is 1.17. The van der Waals surface area contributed by atoms with Gasteiger partial charge in [0.25, 0.3) is 0 Å². The molecule has 2 bridgehead atoms. The molecule has 3 aliphatic rings. The molecule has 4 rings (SSSR count). The molecule has 1 N–H and O–H groups in total. The molecule has 148 valence electrons. The molecule has 1 amide bonds. The summed E-state index contributed by atoms with van der Waals surface area (Å²) >= 11 is 0. The van der Waals surface area contributed by atoms with E-state index in [4.69, 9.17) is 18.7 Å². The van der Waals surface area contributed by atoms with E-state index in [0.29, 0.717) is 12.8 Å². The van der Waals surface area contributed by atoms with Crippen molar-refractivity contribution in [2.75, 3.05) is 26.9 Å². The molecule has 0 saturated carbocycles. The molecule has 7 nitrogen and oxygen atoms in total. The number of methoxy groups -OCH3 is 1. The molecule has 3 saturated heterocycles. The Balaban J connectivity index is 1.42. The zero-order valence-corrected chi connectivity index (χ0v) is 15.6. The molecule has 0 spiro atoms. The minimum Gasteiger partial charge on any atom is -0.513 e. The molecule has 9 heteroatoms. The topological polar surface area (TPSA) is 83.1 Å². The van der Waals surface area contributed by atoms with Gasteiger partial charge in [-0.05, 0) is 30.5 Å². The van der Waals surface area contributed by atoms with Crippen molar-refractivity contribution in [2.24, 2.45) is 0 Å². The van der Waals surface area contributed by atoms with Crippen LogP contribution in [0.4, 0.5) is 4.32 Å². The number of rotatable bonds is 8. The molecule has 3 fully saturated rings. The highest BCUT2D eigenvalue weighted by Gasteiger charge is 2.50.